The summed E-state index contributed by atoms with van der Waals surface area (Å²) in [6.07, 6.45) is 8.40. The molecule has 0 bridgehead atoms. The van der Waals surface area contributed by atoms with Crippen molar-refractivity contribution in [3.63, 3.8) is 0 Å². The van der Waals surface area contributed by atoms with E-state index < -0.39 is 40.1 Å². The van der Waals surface area contributed by atoms with Gasteiger partial charge in [0.1, 0.15) is 0 Å². The molecule has 1 saturated heterocycles. The molecule has 288 valence electrons. The largest absolute Gasteiger partial charge is 1.00 e. The molecule has 0 nitrogen and oxygen atoms in total. The number of halogens is 8. The van der Waals surface area contributed by atoms with Crippen LogP contribution in [0.15, 0.2) is 96.1 Å². The summed E-state index contributed by atoms with van der Waals surface area (Å²) in [6.45, 7) is 0. The van der Waals surface area contributed by atoms with Crippen LogP contribution in [0.25, 0.3) is 34.4 Å². The number of allylic oxidation sites excluding steroid dienone is 2. The van der Waals surface area contributed by atoms with E-state index in [-0.39, 0.29) is 24.8 Å². The Morgan fingerprint density at radius 1 is 0.455 bits per heavy atom. The minimum absolute atomic E-state index is 0. The van der Waals surface area contributed by atoms with Crippen LogP contribution in [0.3, 0.4) is 0 Å². The molecule has 0 radical (unpaired) electrons. The minimum Gasteiger partial charge on any atom is -1.00 e. The van der Waals surface area contributed by atoms with Gasteiger partial charge >= 0.3 is 313 Å². The second-order valence-electron chi connectivity index (χ2n) is 16.3. The van der Waals surface area contributed by atoms with Crippen molar-refractivity contribution in [2.75, 3.05) is 0 Å². The normalized spacial score (nSPS) is 21.6. The maximum atomic E-state index is 13.5. The number of hydrogen-bond donors (Lipinski definition) is 0. The molecule has 2 atom stereocenters. The van der Waals surface area contributed by atoms with Crippen molar-refractivity contribution in [1.82, 2.24) is 0 Å². The van der Waals surface area contributed by atoms with Crippen LogP contribution in [0.2, 0.25) is 9.45 Å². The molecule has 1 aliphatic heterocycles. The molecule has 4 aromatic carbocycles. The second-order valence-corrected chi connectivity index (χ2v) is 23.5. The molecule has 4 aliphatic carbocycles. The third kappa shape index (κ3) is 7.32. The van der Waals surface area contributed by atoms with Gasteiger partial charge < -0.3 is 24.8 Å². The van der Waals surface area contributed by atoms with Crippen LogP contribution in [-0.2, 0) is 28.9 Å². The standard InChI is InChI=1S/2C22H20F3.C2H4.2ClH.Ti/c2*23-22(24,25)19-11-9-16(10-12-19)20-8-4-7-17-13-18(14-21(17)20)15-5-2-1-3-6-15;1-2;;;/h2*4,7-15H,1-3,5-6H2;1-2H2;2*1H;/q;;;;;+2/p-2. The summed E-state index contributed by atoms with van der Waals surface area (Å²) in [5, 5.41) is 0. The molecule has 55 heavy (non-hydrogen) atoms. The summed E-state index contributed by atoms with van der Waals surface area (Å²) in [7, 11) is 0. The molecule has 0 N–H and O–H groups in total. The van der Waals surface area contributed by atoms with Crippen molar-refractivity contribution in [3.8, 4) is 22.3 Å². The summed E-state index contributed by atoms with van der Waals surface area (Å²) in [4.78, 5) is 0. The number of fused-ring (bicyclic) bond motifs is 2. The molecule has 9 heteroatoms. The van der Waals surface area contributed by atoms with Gasteiger partial charge in [0.25, 0.3) is 0 Å². The zero-order valence-corrected chi connectivity index (χ0v) is 33.6. The SMILES string of the molecule is FC(F)(F)c1ccc(-c2cccc3c2C=C(C2CCCCC2)[CH]3[Ti+2]2([CH]3C(C4CCCCC4)=Cc4c(-c5ccc(C(F)(F)F)cc5)cccc43)[CH2][CH2]2)cc1.[Cl-].[Cl-]. The molecule has 4 aromatic rings. The van der Waals surface area contributed by atoms with Gasteiger partial charge in [0.2, 0.25) is 0 Å². The molecular weight excluding hydrogens is 785 g/mol. The zero-order chi connectivity index (χ0) is 36.5. The molecule has 3 fully saturated rings. The molecule has 0 spiro atoms. The molecule has 2 saturated carbocycles. The first kappa shape index (κ1) is 40.4. The Hall–Kier alpha value is -2.77. The van der Waals surface area contributed by atoms with Gasteiger partial charge in [-0.1, -0.05) is 0 Å². The van der Waals surface area contributed by atoms with Gasteiger partial charge in [-0.3, -0.25) is 0 Å². The first-order valence-electron chi connectivity index (χ1n) is 19.6. The Morgan fingerprint density at radius 2 is 0.818 bits per heavy atom. The average molecular weight is 830 g/mol. The van der Waals surface area contributed by atoms with E-state index in [4.69, 9.17) is 0 Å². The predicted molar refractivity (Wildman–Crippen MR) is 198 cm³/mol. The number of rotatable bonds is 6. The van der Waals surface area contributed by atoms with E-state index in [9.17, 15) is 26.3 Å². The van der Waals surface area contributed by atoms with Crippen molar-refractivity contribution >= 4 is 12.2 Å². The van der Waals surface area contributed by atoms with Crippen molar-refractivity contribution in [1.29, 1.82) is 0 Å². The summed E-state index contributed by atoms with van der Waals surface area (Å²) in [5.74, 6) is 1.04. The van der Waals surface area contributed by atoms with Gasteiger partial charge in [0.15, 0.2) is 0 Å². The quantitative estimate of drug-likeness (QED) is 0.135. The van der Waals surface area contributed by atoms with Crippen molar-refractivity contribution in [3.05, 3.63) is 129 Å². The minimum atomic E-state index is -4.38. The topological polar surface area (TPSA) is 0 Å². The summed E-state index contributed by atoms with van der Waals surface area (Å²) < 4.78 is 84.6. The van der Waals surface area contributed by atoms with E-state index in [1.165, 1.54) is 120 Å². The van der Waals surface area contributed by atoms with Crippen molar-refractivity contribution in [2.45, 2.75) is 94.5 Å². The van der Waals surface area contributed by atoms with Crippen molar-refractivity contribution in [2.24, 2.45) is 11.8 Å². The molecule has 0 aromatic heterocycles. The van der Waals surface area contributed by atoms with Gasteiger partial charge in [0, 0.05) is 0 Å². The van der Waals surface area contributed by atoms with Crippen LogP contribution in [0, 0.1) is 11.8 Å². The van der Waals surface area contributed by atoms with Crippen LogP contribution in [0.5, 0.6) is 0 Å². The van der Waals surface area contributed by atoms with E-state index in [2.05, 4.69) is 48.6 Å². The van der Waals surface area contributed by atoms with E-state index in [0.717, 1.165) is 22.3 Å². The van der Waals surface area contributed by atoms with E-state index in [1.54, 1.807) is 35.4 Å². The van der Waals surface area contributed by atoms with Crippen LogP contribution < -0.4 is 24.8 Å². The molecular formula is C46H44Cl2F6Ti. The molecule has 9 rings (SSSR count). The average Bonchev–Trinajstić information content (AvgIpc) is 3.69. The fourth-order valence-electron chi connectivity index (χ4n) is 10.8. The van der Waals surface area contributed by atoms with E-state index in [1.807, 2.05) is 0 Å². The third-order valence-corrected chi connectivity index (χ3v) is 21.6. The fourth-order valence-corrected chi connectivity index (χ4v) is 21.2. The Bertz CT molecular complexity index is 1930. The second kappa shape index (κ2) is 15.5. The van der Waals surface area contributed by atoms with Gasteiger partial charge in [-0.15, -0.1) is 0 Å². The first-order chi connectivity index (χ1) is 25.5. The smallest absolute Gasteiger partial charge is 1.00 e. The van der Waals surface area contributed by atoms with Crippen LogP contribution in [0.1, 0.15) is 106 Å². The van der Waals surface area contributed by atoms with Gasteiger partial charge in [0.05, 0.1) is 0 Å². The third-order valence-electron chi connectivity index (χ3n) is 13.4. The molecule has 2 unspecified atom stereocenters. The summed E-state index contributed by atoms with van der Waals surface area (Å²) >= 11 is -2.87. The summed E-state index contributed by atoms with van der Waals surface area (Å²) in [6, 6.07) is 24.4. The maximum Gasteiger partial charge on any atom is -1.00 e. The van der Waals surface area contributed by atoms with Gasteiger partial charge in [-0.25, -0.2) is 0 Å². The van der Waals surface area contributed by atoms with Gasteiger partial charge in [-0.05, 0) is 0 Å². The number of hydrogen-bond acceptors (Lipinski definition) is 0. The maximum absolute atomic E-state index is 13.5. The van der Waals surface area contributed by atoms with Crippen molar-refractivity contribution < 1.29 is 67.7 Å². The fraction of sp³-hybridized carbons (Fsp3) is 0.391. The Balaban J connectivity index is 0.00000233. The van der Waals surface area contributed by atoms with Crippen LogP contribution >= 0.6 is 0 Å². The predicted octanol–water partition coefficient (Wildman–Crippen LogP) is 8.81. The zero-order valence-electron chi connectivity index (χ0n) is 30.6. The first-order valence-corrected chi connectivity index (χ1v) is 23.6. The molecule has 0 amide bonds. The molecule has 1 heterocycles. The van der Waals surface area contributed by atoms with Crippen LogP contribution in [0.4, 0.5) is 26.3 Å². The van der Waals surface area contributed by atoms with E-state index in [0.29, 0.717) is 20.3 Å². The van der Waals surface area contributed by atoms with E-state index >= 15 is 0 Å². The Labute approximate surface area is 336 Å². The Kier molecular flexibility index (Phi) is 11.4. The van der Waals surface area contributed by atoms with Gasteiger partial charge in [-0.2, -0.15) is 0 Å². The number of alkyl halides is 6. The Morgan fingerprint density at radius 3 is 1.15 bits per heavy atom. The number of benzene rings is 4. The monoisotopic (exact) mass is 828 g/mol. The summed E-state index contributed by atoms with van der Waals surface area (Å²) in [5.41, 5.74) is 10.8. The molecule has 5 aliphatic rings. The van der Waals surface area contributed by atoms with Crippen LogP contribution in [-0.4, -0.2) is 0 Å².